The molecule has 21 heavy (non-hydrogen) atoms. The minimum Gasteiger partial charge on any atom is -0.384 e. The maximum Gasteiger partial charge on any atom is 0.251 e. The molecule has 1 heterocycles. The molecule has 0 saturated carbocycles. The van der Waals surface area contributed by atoms with E-state index < -0.39 is 0 Å². The standard InChI is InChI=1S/C17H17NO2S/c1-2-14-9-11-21-16(14)12-18-17(20)15-7-5-13(6-8-15)4-3-10-19/h5-9,11,19H,2,10,12H2,1H3,(H,18,20). The third-order valence-electron chi connectivity index (χ3n) is 3.09. The number of carbonyl (C=O) groups is 1. The zero-order chi connectivity index (χ0) is 15.1. The number of rotatable bonds is 4. The molecule has 0 aliphatic heterocycles. The van der Waals surface area contributed by atoms with Gasteiger partial charge < -0.3 is 10.4 Å². The van der Waals surface area contributed by atoms with Crippen molar-refractivity contribution in [1.82, 2.24) is 5.32 Å². The fourth-order valence-corrected chi connectivity index (χ4v) is 2.86. The Morgan fingerprint density at radius 1 is 1.29 bits per heavy atom. The SMILES string of the molecule is CCc1ccsc1CNC(=O)c1ccc(C#CCO)cc1. The molecule has 2 rings (SSSR count). The molecule has 3 nitrogen and oxygen atoms in total. The Hall–Kier alpha value is -2.09. The van der Waals surface area contributed by atoms with Gasteiger partial charge in [0.2, 0.25) is 0 Å². The minimum absolute atomic E-state index is 0.0906. The average molecular weight is 299 g/mol. The molecule has 2 N–H and O–H groups in total. The maximum atomic E-state index is 12.1. The second-order valence-electron chi connectivity index (χ2n) is 4.44. The second kappa shape index (κ2) is 7.63. The Bertz CT molecular complexity index is 662. The summed E-state index contributed by atoms with van der Waals surface area (Å²) < 4.78 is 0. The lowest BCUT2D eigenvalue weighted by Crippen LogP contribution is -2.22. The van der Waals surface area contributed by atoms with Crippen LogP contribution < -0.4 is 5.32 Å². The largest absolute Gasteiger partial charge is 0.384 e. The predicted octanol–water partition coefficient (Wildman–Crippen LogP) is 2.58. The van der Waals surface area contributed by atoms with Crippen molar-refractivity contribution in [3.63, 3.8) is 0 Å². The highest BCUT2D eigenvalue weighted by Gasteiger charge is 2.07. The first-order valence-electron chi connectivity index (χ1n) is 6.77. The van der Waals surface area contributed by atoms with Crippen LogP contribution in [-0.2, 0) is 13.0 Å². The molecule has 0 aliphatic rings. The maximum absolute atomic E-state index is 12.1. The van der Waals surface area contributed by atoms with E-state index in [9.17, 15) is 4.79 Å². The summed E-state index contributed by atoms with van der Waals surface area (Å²) in [5.74, 6) is 5.29. The first-order chi connectivity index (χ1) is 10.2. The summed E-state index contributed by atoms with van der Waals surface area (Å²) in [6, 6.07) is 9.14. The highest BCUT2D eigenvalue weighted by atomic mass is 32.1. The van der Waals surface area contributed by atoms with Crippen LogP contribution in [0.25, 0.3) is 0 Å². The number of thiophene rings is 1. The third-order valence-corrected chi connectivity index (χ3v) is 4.05. The van der Waals surface area contributed by atoms with Gasteiger partial charge >= 0.3 is 0 Å². The van der Waals surface area contributed by atoms with E-state index in [1.807, 2.05) is 0 Å². The predicted molar refractivity (Wildman–Crippen MR) is 85.3 cm³/mol. The minimum atomic E-state index is -0.164. The second-order valence-corrected chi connectivity index (χ2v) is 5.44. The Kier molecular flexibility index (Phi) is 5.56. The van der Waals surface area contributed by atoms with E-state index in [1.54, 1.807) is 35.6 Å². The van der Waals surface area contributed by atoms with Crippen molar-refractivity contribution in [2.24, 2.45) is 0 Å². The van der Waals surface area contributed by atoms with E-state index in [4.69, 9.17) is 5.11 Å². The van der Waals surface area contributed by atoms with Gasteiger partial charge in [-0.3, -0.25) is 4.79 Å². The van der Waals surface area contributed by atoms with Crippen molar-refractivity contribution in [3.05, 3.63) is 57.3 Å². The first kappa shape index (κ1) is 15.3. The molecule has 0 unspecified atom stereocenters. The summed E-state index contributed by atoms with van der Waals surface area (Å²) in [6.07, 6.45) is 0.979. The van der Waals surface area contributed by atoms with Gasteiger partial charge in [-0.15, -0.1) is 11.3 Å². The highest BCUT2D eigenvalue weighted by Crippen LogP contribution is 2.17. The average Bonchev–Trinajstić information content (AvgIpc) is 2.98. The van der Waals surface area contributed by atoms with Crippen LogP contribution in [0.15, 0.2) is 35.7 Å². The number of hydrogen-bond acceptors (Lipinski definition) is 3. The number of carbonyl (C=O) groups excluding carboxylic acids is 1. The molecule has 0 spiro atoms. The quantitative estimate of drug-likeness (QED) is 0.853. The van der Waals surface area contributed by atoms with Crippen molar-refractivity contribution in [2.45, 2.75) is 19.9 Å². The summed E-state index contributed by atoms with van der Waals surface area (Å²) in [5.41, 5.74) is 2.68. The highest BCUT2D eigenvalue weighted by molar-refractivity contribution is 7.10. The molecule has 0 fully saturated rings. The van der Waals surface area contributed by atoms with Crippen molar-refractivity contribution in [1.29, 1.82) is 0 Å². The lowest BCUT2D eigenvalue weighted by atomic mass is 10.1. The molecule has 1 aromatic carbocycles. The molecule has 0 bridgehead atoms. The Morgan fingerprint density at radius 3 is 2.71 bits per heavy atom. The van der Waals surface area contributed by atoms with Gasteiger partial charge in [0.25, 0.3) is 5.91 Å². The van der Waals surface area contributed by atoms with Crippen LogP contribution in [0.5, 0.6) is 0 Å². The summed E-state index contributed by atoms with van der Waals surface area (Å²) in [6.45, 7) is 2.51. The van der Waals surface area contributed by atoms with E-state index >= 15 is 0 Å². The molecule has 4 heteroatoms. The molecule has 0 aliphatic carbocycles. The Labute approximate surface area is 128 Å². The van der Waals surface area contributed by atoms with Crippen LogP contribution in [0, 0.1) is 11.8 Å². The van der Waals surface area contributed by atoms with Gasteiger partial charge in [0.15, 0.2) is 0 Å². The lowest BCUT2D eigenvalue weighted by molar-refractivity contribution is 0.0951. The number of nitrogens with one attached hydrogen (secondary N) is 1. The van der Waals surface area contributed by atoms with Gasteiger partial charge in [0, 0.05) is 16.0 Å². The number of amides is 1. The van der Waals surface area contributed by atoms with Gasteiger partial charge in [0.05, 0.1) is 6.54 Å². The van der Waals surface area contributed by atoms with Crippen molar-refractivity contribution in [3.8, 4) is 11.8 Å². The molecule has 108 valence electrons. The summed E-state index contributed by atoms with van der Waals surface area (Å²) in [5, 5.41) is 13.6. The molecule has 0 radical (unpaired) electrons. The van der Waals surface area contributed by atoms with Gasteiger partial charge in [-0.05, 0) is 47.7 Å². The van der Waals surface area contributed by atoms with Crippen molar-refractivity contribution < 1.29 is 9.90 Å². The van der Waals surface area contributed by atoms with Crippen LogP contribution >= 0.6 is 11.3 Å². The summed E-state index contributed by atoms with van der Waals surface area (Å²) in [7, 11) is 0. The molecule has 1 amide bonds. The summed E-state index contributed by atoms with van der Waals surface area (Å²) in [4.78, 5) is 13.3. The van der Waals surface area contributed by atoms with Crippen LogP contribution in [0.4, 0.5) is 0 Å². The molecule has 0 atom stereocenters. The third kappa shape index (κ3) is 4.19. The van der Waals surface area contributed by atoms with Gasteiger partial charge in [0.1, 0.15) is 6.61 Å². The smallest absolute Gasteiger partial charge is 0.251 e. The van der Waals surface area contributed by atoms with Crippen LogP contribution in [0.3, 0.4) is 0 Å². The van der Waals surface area contributed by atoms with Gasteiger partial charge in [-0.25, -0.2) is 0 Å². The molecule has 1 aromatic heterocycles. The Morgan fingerprint density at radius 2 is 2.05 bits per heavy atom. The monoisotopic (exact) mass is 299 g/mol. The number of benzene rings is 1. The zero-order valence-corrected chi connectivity index (χ0v) is 12.7. The lowest BCUT2D eigenvalue weighted by Gasteiger charge is -2.05. The number of aliphatic hydroxyl groups is 1. The molecule has 2 aromatic rings. The van der Waals surface area contributed by atoms with Crippen LogP contribution in [0.2, 0.25) is 0 Å². The Balaban J connectivity index is 1.97. The van der Waals surface area contributed by atoms with Crippen LogP contribution in [-0.4, -0.2) is 17.6 Å². The summed E-state index contributed by atoms with van der Waals surface area (Å²) >= 11 is 1.67. The van der Waals surface area contributed by atoms with E-state index in [0.29, 0.717) is 12.1 Å². The normalized spacial score (nSPS) is 9.81. The zero-order valence-electron chi connectivity index (χ0n) is 11.8. The number of hydrogen-bond donors (Lipinski definition) is 2. The molecular formula is C17H17NO2S. The number of aryl methyl sites for hydroxylation is 1. The van der Waals surface area contributed by atoms with E-state index in [2.05, 4.69) is 35.5 Å². The number of aliphatic hydroxyl groups excluding tert-OH is 1. The molecular weight excluding hydrogens is 282 g/mol. The van der Waals surface area contributed by atoms with E-state index in [-0.39, 0.29) is 12.5 Å². The van der Waals surface area contributed by atoms with Gasteiger partial charge in [-0.1, -0.05) is 18.8 Å². The van der Waals surface area contributed by atoms with E-state index in [1.165, 1.54) is 10.4 Å². The molecule has 0 saturated heterocycles. The topological polar surface area (TPSA) is 49.3 Å². The fraction of sp³-hybridized carbons (Fsp3) is 0.235. The van der Waals surface area contributed by atoms with Crippen molar-refractivity contribution >= 4 is 17.2 Å². The fourth-order valence-electron chi connectivity index (χ4n) is 1.95. The van der Waals surface area contributed by atoms with Gasteiger partial charge in [-0.2, -0.15) is 0 Å². The van der Waals surface area contributed by atoms with Crippen LogP contribution in [0.1, 0.15) is 33.3 Å². The first-order valence-corrected chi connectivity index (χ1v) is 7.65. The van der Waals surface area contributed by atoms with Crippen molar-refractivity contribution in [2.75, 3.05) is 6.61 Å². The van der Waals surface area contributed by atoms with E-state index in [0.717, 1.165) is 12.0 Å².